The number of nitrogens with zero attached hydrogens (tertiary/aromatic N) is 2. The SMILES string of the molecule is CC(C)N1CCC(Oc2ccc(C(=O)NCC(O)CN3CCc4ccccc4C3)cc2)CC1. The van der Waals surface area contributed by atoms with Crippen LogP contribution in [0.25, 0.3) is 0 Å². The van der Waals surface area contributed by atoms with E-state index in [1.807, 2.05) is 12.1 Å². The van der Waals surface area contributed by atoms with Crippen molar-refractivity contribution in [1.29, 1.82) is 0 Å². The number of hydrogen-bond donors (Lipinski definition) is 2. The van der Waals surface area contributed by atoms with Crippen LogP contribution in [0.15, 0.2) is 48.5 Å². The Labute approximate surface area is 197 Å². The third kappa shape index (κ3) is 6.56. The summed E-state index contributed by atoms with van der Waals surface area (Å²) in [5.41, 5.74) is 3.30. The van der Waals surface area contributed by atoms with Gasteiger partial charge in [-0.15, -0.1) is 0 Å². The molecule has 0 aliphatic carbocycles. The molecule has 1 unspecified atom stereocenters. The van der Waals surface area contributed by atoms with E-state index in [4.69, 9.17) is 4.74 Å². The Bertz CT molecular complexity index is 907. The zero-order valence-corrected chi connectivity index (χ0v) is 19.9. The fraction of sp³-hybridized carbons (Fsp3) is 0.519. The molecular weight excluding hydrogens is 414 g/mol. The van der Waals surface area contributed by atoms with Crippen LogP contribution in [0.1, 0.15) is 48.2 Å². The summed E-state index contributed by atoms with van der Waals surface area (Å²) in [6, 6.07) is 16.4. The minimum atomic E-state index is -0.599. The van der Waals surface area contributed by atoms with Gasteiger partial charge in [-0.05, 0) is 68.5 Å². The first kappa shape index (κ1) is 23.7. The molecule has 0 bridgehead atoms. The molecule has 1 fully saturated rings. The lowest BCUT2D eigenvalue weighted by atomic mass is 10.00. The number of carbonyl (C=O) groups is 1. The zero-order chi connectivity index (χ0) is 23.2. The normalized spacial score (nSPS) is 18.7. The largest absolute Gasteiger partial charge is 0.490 e. The van der Waals surface area contributed by atoms with Crippen molar-refractivity contribution >= 4 is 5.91 Å². The van der Waals surface area contributed by atoms with Crippen molar-refractivity contribution in [2.45, 2.75) is 57.9 Å². The number of amides is 1. The molecule has 2 aromatic rings. The number of benzene rings is 2. The lowest BCUT2D eigenvalue weighted by Crippen LogP contribution is -2.42. The van der Waals surface area contributed by atoms with Gasteiger partial charge in [0.15, 0.2) is 0 Å². The quantitative estimate of drug-likeness (QED) is 0.646. The fourth-order valence-corrected chi connectivity index (χ4v) is 4.77. The first-order chi connectivity index (χ1) is 16.0. The third-order valence-corrected chi connectivity index (χ3v) is 6.80. The highest BCUT2D eigenvalue weighted by Gasteiger charge is 2.22. The minimum absolute atomic E-state index is 0.171. The highest BCUT2D eigenvalue weighted by molar-refractivity contribution is 5.94. The Morgan fingerprint density at radius 3 is 2.45 bits per heavy atom. The Morgan fingerprint density at radius 2 is 1.76 bits per heavy atom. The monoisotopic (exact) mass is 451 g/mol. The van der Waals surface area contributed by atoms with Gasteiger partial charge in [-0.25, -0.2) is 0 Å². The Kier molecular flexibility index (Phi) is 8.02. The second kappa shape index (κ2) is 11.1. The number of ether oxygens (including phenoxy) is 1. The van der Waals surface area contributed by atoms with Gasteiger partial charge in [0, 0.05) is 50.9 Å². The standard InChI is InChI=1S/C27H37N3O3/c1-20(2)30-15-12-26(13-16-30)33-25-9-7-22(8-10-25)27(32)28-17-24(31)19-29-14-11-21-5-3-4-6-23(21)18-29/h3-10,20,24,26,31H,11-19H2,1-2H3,(H,28,32). The van der Waals surface area contributed by atoms with Gasteiger partial charge in [0.2, 0.25) is 0 Å². The van der Waals surface area contributed by atoms with Crippen LogP contribution >= 0.6 is 0 Å². The number of fused-ring (bicyclic) bond motifs is 1. The van der Waals surface area contributed by atoms with E-state index in [1.165, 1.54) is 11.1 Å². The molecule has 33 heavy (non-hydrogen) atoms. The number of nitrogens with one attached hydrogen (secondary N) is 1. The number of likely N-dealkylation sites (tertiary alicyclic amines) is 1. The maximum absolute atomic E-state index is 12.5. The maximum Gasteiger partial charge on any atom is 0.251 e. The lowest BCUT2D eigenvalue weighted by molar-refractivity contribution is 0.0836. The fourth-order valence-electron chi connectivity index (χ4n) is 4.77. The van der Waals surface area contributed by atoms with Crippen molar-refractivity contribution in [3.05, 3.63) is 65.2 Å². The van der Waals surface area contributed by atoms with Crippen LogP contribution in [-0.4, -0.2) is 71.8 Å². The van der Waals surface area contributed by atoms with Crippen LogP contribution in [0.3, 0.4) is 0 Å². The highest BCUT2D eigenvalue weighted by atomic mass is 16.5. The van der Waals surface area contributed by atoms with Crippen molar-refractivity contribution in [3.8, 4) is 5.75 Å². The van der Waals surface area contributed by atoms with Gasteiger partial charge in [0.1, 0.15) is 11.9 Å². The highest BCUT2D eigenvalue weighted by Crippen LogP contribution is 2.21. The van der Waals surface area contributed by atoms with Gasteiger partial charge in [0.25, 0.3) is 5.91 Å². The van der Waals surface area contributed by atoms with Crippen LogP contribution in [0.2, 0.25) is 0 Å². The van der Waals surface area contributed by atoms with Crippen LogP contribution < -0.4 is 10.1 Å². The summed E-state index contributed by atoms with van der Waals surface area (Å²) in [5, 5.41) is 13.3. The number of hydrogen-bond acceptors (Lipinski definition) is 5. The Morgan fingerprint density at radius 1 is 1.06 bits per heavy atom. The van der Waals surface area contributed by atoms with Crippen LogP contribution in [-0.2, 0) is 13.0 Å². The number of aliphatic hydroxyl groups excluding tert-OH is 1. The molecule has 178 valence electrons. The van der Waals surface area contributed by atoms with E-state index in [-0.39, 0.29) is 18.6 Å². The molecule has 0 spiro atoms. The molecule has 0 radical (unpaired) electrons. The summed E-state index contributed by atoms with van der Waals surface area (Å²) in [4.78, 5) is 17.2. The molecule has 4 rings (SSSR count). The summed E-state index contributed by atoms with van der Waals surface area (Å²) in [6.07, 6.45) is 2.69. The van der Waals surface area contributed by atoms with E-state index >= 15 is 0 Å². The number of piperidine rings is 1. The second-order valence-corrected chi connectivity index (χ2v) is 9.59. The molecule has 2 aliphatic rings. The molecule has 6 nitrogen and oxygen atoms in total. The first-order valence-electron chi connectivity index (χ1n) is 12.2. The summed E-state index contributed by atoms with van der Waals surface area (Å²) in [5.74, 6) is 0.634. The number of β-amino-alcohol motifs (C(OH)–C–C–N with tert-alkyl or cyclic N) is 1. The third-order valence-electron chi connectivity index (χ3n) is 6.80. The van der Waals surface area contributed by atoms with Crippen molar-refractivity contribution < 1.29 is 14.6 Å². The molecule has 1 saturated heterocycles. The van der Waals surface area contributed by atoms with E-state index in [0.29, 0.717) is 18.2 Å². The van der Waals surface area contributed by atoms with Gasteiger partial charge < -0.3 is 20.1 Å². The van der Waals surface area contributed by atoms with Gasteiger partial charge in [-0.2, -0.15) is 0 Å². The van der Waals surface area contributed by atoms with E-state index in [2.05, 4.69) is 53.2 Å². The van der Waals surface area contributed by atoms with Crippen molar-refractivity contribution in [3.63, 3.8) is 0 Å². The summed E-state index contributed by atoms with van der Waals surface area (Å²) >= 11 is 0. The average Bonchev–Trinajstić information content (AvgIpc) is 2.83. The Balaban J connectivity index is 1.19. The predicted molar refractivity (Wildman–Crippen MR) is 131 cm³/mol. The number of aliphatic hydroxyl groups is 1. The van der Waals surface area contributed by atoms with Crippen molar-refractivity contribution in [1.82, 2.24) is 15.1 Å². The average molecular weight is 452 g/mol. The van der Waals surface area contributed by atoms with Crippen LogP contribution in [0.5, 0.6) is 5.75 Å². The van der Waals surface area contributed by atoms with E-state index < -0.39 is 6.10 Å². The number of carbonyl (C=O) groups excluding carboxylic acids is 1. The first-order valence-corrected chi connectivity index (χ1v) is 12.2. The molecule has 1 atom stereocenters. The second-order valence-electron chi connectivity index (χ2n) is 9.59. The van der Waals surface area contributed by atoms with Crippen LogP contribution in [0, 0.1) is 0 Å². The molecule has 2 heterocycles. The smallest absolute Gasteiger partial charge is 0.251 e. The molecule has 6 heteroatoms. The van der Waals surface area contributed by atoms with Crippen molar-refractivity contribution in [2.24, 2.45) is 0 Å². The topological polar surface area (TPSA) is 65.0 Å². The van der Waals surface area contributed by atoms with Gasteiger partial charge >= 0.3 is 0 Å². The molecular formula is C27H37N3O3. The summed E-state index contributed by atoms with van der Waals surface area (Å²) in [6.45, 7) is 9.16. The van der Waals surface area contributed by atoms with E-state index in [9.17, 15) is 9.90 Å². The molecule has 1 amide bonds. The molecule has 0 saturated carbocycles. The Hall–Kier alpha value is -2.41. The number of rotatable bonds is 8. The molecule has 2 N–H and O–H groups in total. The van der Waals surface area contributed by atoms with E-state index in [1.54, 1.807) is 12.1 Å². The van der Waals surface area contributed by atoms with E-state index in [0.717, 1.165) is 51.2 Å². The predicted octanol–water partition coefficient (Wildman–Crippen LogP) is 3.09. The van der Waals surface area contributed by atoms with Gasteiger partial charge in [0.05, 0.1) is 6.10 Å². The summed E-state index contributed by atoms with van der Waals surface area (Å²) < 4.78 is 6.12. The zero-order valence-electron chi connectivity index (χ0n) is 19.9. The molecule has 2 aliphatic heterocycles. The summed E-state index contributed by atoms with van der Waals surface area (Å²) in [7, 11) is 0. The van der Waals surface area contributed by atoms with Crippen LogP contribution in [0.4, 0.5) is 0 Å². The minimum Gasteiger partial charge on any atom is -0.490 e. The van der Waals surface area contributed by atoms with Gasteiger partial charge in [-0.1, -0.05) is 24.3 Å². The molecule has 2 aromatic carbocycles. The molecule has 0 aromatic heterocycles. The lowest BCUT2D eigenvalue weighted by Gasteiger charge is -2.34. The van der Waals surface area contributed by atoms with Crippen molar-refractivity contribution in [2.75, 3.05) is 32.7 Å². The maximum atomic E-state index is 12.5. The van der Waals surface area contributed by atoms with Gasteiger partial charge in [-0.3, -0.25) is 9.69 Å².